The van der Waals surface area contributed by atoms with E-state index in [2.05, 4.69) is 15.5 Å². The molecule has 0 spiro atoms. The van der Waals surface area contributed by atoms with Crippen molar-refractivity contribution < 1.29 is 18.0 Å². The second-order valence-corrected chi connectivity index (χ2v) is 5.18. The maximum Gasteiger partial charge on any atom is 0.404 e. The molecule has 5 nitrogen and oxygen atoms in total. The molecule has 1 aliphatic rings. The van der Waals surface area contributed by atoms with Crippen LogP contribution in [0.4, 0.5) is 13.2 Å². The van der Waals surface area contributed by atoms with Crippen LogP contribution < -0.4 is 5.32 Å². The summed E-state index contributed by atoms with van der Waals surface area (Å²) in [6.07, 6.45) is -3.92. The Kier molecular flexibility index (Phi) is 4.03. The van der Waals surface area contributed by atoms with E-state index in [-0.39, 0.29) is 30.6 Å². The number of hydrogen-bond acceptors (Lipinski definition) is 3. The molecule has 0 unspecified atom stereocenters. The lowest BCUT2D eigenvalue weighted by atomic mass is 9.98. The third-order valence-corrected chi connectivity index (χ3v) is 3.48. The molecule has 2 heterocycles. The van der Waals surface area contributed by atoms with Crippen molar-refractivity contribution in [3.05, 3.63) is 17.5 Å². The summed E-state index contributed by atoms with van der Waals surface area (Å²) < 4.78 is 38.1. The highest BCUT2D eigenvalue weighted by Gasteiger charge is 2.44. The lowest BCUT2D eigenvalue weighted by Crippen LogP contribution is -2.54. The van der Waals surface area contributed by atoms with E-state index in [4.69, 9.17) is 0 Å². The molecular formula is C12H17F3N4O. The van der Waals surface area contributed by atoms with Crippen molar-refractivity contribution in [1.82, 2.24) is 20.4 Å². The van der Waals surface area contributed by atoms with Crippen molar-refractivity contribution in [1.29, 1.82) is 0 Å². The van der Waals surface area contributed by atoms with Gasteiger partial charge in [0.25, 0.3) is 5.91 Å². The number of hydrogen-bond donors (Lipinski definition) is 2. The molecule has 0 bridgehead atoms. The second-order valence-electron chi connectivity index (χ2n) is 5.18. The zero-order chi connectivity index (χ0) is 14.9. The summed E-state index contributed by atoms with van der Waals surface area (Å²) in [6, 6.07) is -0.119. The van der Waals surface area contributed by atoms with E-state index < -0.39 is 12.2 Å². The highest BCUT2D eigenvalue weighted by atomic mass is 19.4. The monoisotopic (exact) mass is 290 g/mol. The van der Waals surface area contributed by atoms with E-state index in [1.54, 1.807) is 13.0 Å². The number of piperidine rings is 1. The van der Waals surface area contributed by atoms with Crippen molar-refractivity contribution in [2.75, 3.05) is 13.6 Å². The summed E-state index contributed by atoms with van der Waals surface area (Å²) >= 11 is 0. The van der Waals surface area contributed by atoms with Gasteiger partial charge in [-0.1, -0.05) is 0 Å². The lowest BCUT2D eigenvalue weighted by molar-refractivity contribution is -0.188. The number of nitrogens with zero attached hydrogens (tertiary/aromatic N) is 2. The average molecular weight is 290 g/mol. The molecule has 1 aromatic heterocycles. The fraction of sp³-hybridized carbons (Fsp3) is 0.667. The molecule has 0 aliphatic carbocycles. The van der Waals surface area contributed by atoms with Gasteiger partial charge in [-0.2, -0.15) is 18.3 Å². The van der Waals surface area contributed by atoms with Crippen LogP contribution in [0.1, 0.15) is 29.0 Å². The SMILES string of the molecule is Cc1cc(C(=O)N[C@@H]2CC[C@@H](C(F)(F)F)N(C)C2)n[nH]1. The van der Waals surface area contributed by atoms with Gasteiger partial charge >= 0.3 is 6.18 Å². The minimum atomic E-state index is -4.22. The summed E-state index contributed by atoms with van der Waals surface area (Å²) in [4.78, 5) is 13.1. The number of likely N-dealkylation sites (tertiary alicyclic amines) is 1. The fourth-order valence-electron chi connectivity index (χ4n) is 2.47. The Bertz CT molecular complexity index is 485. The van der Waals surface area contributed by atoms with Crippen molar-refractivity contribution in [3.63, 3.8) is 0 Å². The standard InChI is InChI=1S/C12H17F3N4O/c1-7-5-9(18-17-7)11(20)16-8-3-4-10(12(13,14)15)19(2)6-8/h5,8,10H,3-4,6H2,1-2H3,(H,16,20)(H,17,18)/t8-,10+/m1/s1. The Morgan fingerprint density at radius 3 is 2.70 bits per heavy atom. The van der Waals surface area contributed by atoms with E-state index >= 15 is 0 Å². The summed E-state index contributed by atoms with van der Waals surface area (Å²) in [5.41, 5.74) is 1.01. The van der Waals surface area contributed by atoms with Gasteiger partial charge < -0.3 is 5.32 Å². The Balaban J connectivity index is 1.92. The molecular weight excluding hydrogens is 273 g/mol. The van der Waals surface area contributed by atoms with E-state index in [0.29, 0.717) is 6.42 Å². The van der Waals surface area contributed by atoms with Gasteiger partial charge in [-0.15, -0.1) is 0 Å². The van der Waals surface area contributed by atoms with Crippen molar-refractivity contribution in [2.24, 2.45) is 0 Å². The van der Waals surface area contributed by atoms with Crippen LogP contribution >= 0.6 is 0 Å². The van der Waals surface area contributed by atoms with E-state index in [9.17, 15) is 18.0 Å². The highest BCUT2D eigenvalue weighted by Crippen LogP contribution is 2.30. The van der Waals surface area contributed by atoms with E-state index in [1.807, 2.05) is 0 Å². The van der Waals surface area contributed by atoms with Crippen LogP contribution in [-0.4, -0.2) is 52.9 Å². The van der Waals surface area contributed by atoms with Gasteiger partial charge in [-0.25, -0.2) is 0 Å². The molecule has 112 valence electrons. The number of amides is 1. The van der Waals surface area contributed by atoms with Gasteiger partial charge in [0.05, 0.1) is 0 Å². The Morgan fingerprint density at radius 2 is 2.20 bits per heavy atom. The van der Waals surface area contributed by atoms with Gasteiger partial charge in [0.15, 0.2) is 0 Å². The average Bonchev–Trinajstić information content (AvgIpc) is 2.74. The maximum atomic E-state index is 12.7. The van der Waals surface area contributed by atoms with Crippen molar-refractivity contribution >= 4 is 5.91 Å². The zero-order valence-corrected chi connectivity index (χ0v) is 11.3. The molecule has 1 aliphatic heterocycles. The Morgan fingerprint density at radius 1 is 1.50 bits per heavy atom. The van der Waals surface area contributed by atoms with Gasteiger partial charge in [0.1, 0.15) is 11.7 Å². The molecule has 0 radical (unpaired) electrons. The number of alkyl halides is 3. The number of nitrogens with one attached hydrogen (secondary N) is 2. The molecule has 20 heavy (non-hydrogen) atoms. The normalized spacial score (nSPS) is 24.6. The largest absolute Gasteiger partial charge is 0.404 e. The van der Waals surface area contributed by atoms with Crippen LogP contribution in [0, 0.1) is 6.92 Å². The Hall–Kier alpha value is -1.57. The quantitative estimate of drug-likeness (QED) is 0.867. The number of rotatable bonds is 2. The van der Waals surface area contributed by atoms with Crippen LogP contribution in [0.3, 0.4) is 0 Å². The van der Waals surface area contributed by atoms with Crippen LogP contribution in [-0.2, 0) is 0 Å². The molecule has 2 atom stereocenters. The van der Waals surface area contributed by atoms with E-state index in [1.165, 1.54) is 11.9 Å². The van der Waals surface area contributed by atoms with Gasteiger partial charge in [0.2, 0.25) is 0 Å². The number of aromatic nitrogens is 2. The lowest BCUT2D eigenvalue weighted by Gasteiger charge is -2.38. The number of aryl methyl sites for hydroxylation is 1. The molecule has 0 aromatic carbocycles. The number of aromatic amines is 1. The molecule has 1 aromatic rings. The molecule has 0 saturated carbocycles. The summed E-state index contributed by atoms with van der Waals surface area (Å²) in [5.74, 6) is -0.363. The van der Waals surface area contributed by atoms with Crippen LogP contribution in [0.2, 0.25) is 0 Å². The summed E-state index contributed by atoms with van der Waals surface area (Å²) in [6.45, 7) is 1.95. The maximum absolute atomic E-state index is 12.7. The first-order chi connectivity index (χ1) is 9.27. The summed E-state index contributed by atoms with van der Waals surface area (Å²) in [7, 11) is 1.43. The topological polar surface area (TPSA) is 61.0 Å². The molecule has 8 heteroatoms. The third-order valence-electron chi connectivity index (χ3n) is 3.48. The second kappa shape index (κ2) is 5.43. The zero-order valence-electron chi connectivity index (χ0n) is 11.3. The fourth-order valence-corrected chi connectivity index (χ4v) is 2.47. The molecule has 1 amide bonds. The smallest absolute Gasteiger partial charge is 0.347 e. The number of likely N-dealkylation sites (N-methyl/N-ethyl adjacent to an activating group) is 1. The molecule has 2 rings (SSSR count). The Labute approximate surface area is 114 Å². The van der Waals surface area contributed by atoms with Crippen LogP contribution in [0.5, 0.6) is 0 Å². The van der Waals surface area contributed by atoms with Crippen molar-refractivity contribution in [3.8, 4) is 0 Å². The molecule has 2 N–H and O–H groups in total. The third kappa shape index (κ3) is 3.30. The van der Waals surface area contributed by atoms with Crippen LogP contribution in [0.15, 0.2) is 6.07 Å². The first-order valence-electron chi connectivity index (χ1n) is 6.37. The minimum Gasteiger partial charge on any atom is -0.347 e. The van der Waals surface area contributed by atoms with Gasteiger partial charge in [0, 0.05) is 18.3 Å². The number of H-pyrrole nitrogens is 1. The van der Waals surface area contributed by atoms with Gasteiger partial charge in [-0.05, 0) is 32.9 Å². The first kappa shape index (κ1) is 14.8. The number of halogens is 3. The van der Waals surface area contributed by atoms with Crippen molar-refractivity contribution in [2.45, 2.75) is 38.0 Å². The van der Waals surface area contributed by atoms with Gasteiger partial charge in [-0.3, -0.25) is 14.8 Å². The number of carbonyl (C=O) groups excluding carboxylic acids is 1. The van der Waals surface area contributed by atoms with E-state index in [0.717, 1.165) is 5.69 Å². The highest BCUT2D eigenvalue weighted by molar-refractivity contribution is 5.92. The predicted octanol–water partition coefficient (Wildman–Crippen LogP) is 1.47. The predicted molar refractivity (Wildman–Crippen MR) is 66.3 cm³/mol. The van der Waals surface area contributed by atoms with Crippen LogP contribution in [0.25, 0.3) is 0 Å². The molecule has 1 saturated heterocycles. The molecule has 1 fully saturated rings. The summed E-state index contributed by atoms with van der Waals surface area (Å²) in [5, 5.41) is 9.20. The minimum absolute atomic E-state index is 0.00938. The first-order valence-corrected chi connectivity index (χ1v) is 6.37. The number of carbonyl (C=O) groups is 1.